The summed E-state index contributed by atoms with van der Waals surface area (Å²) in [5.74, 6) is -0.517. The SMILES string of the molecule is CCOC(=O)C1=C(CN2CCCN(C(=O)COC)CC2)N(C)C(=O)NC1c1cccc(Cl)c1. The molecule has 2 aliphatic heterocycles. The number of benzene rings is 1. The number of likely N-dealkylation sites (N-methyl/N-ethyl adjacent to an activating group) is 1. The molecule has 3 amide bonds. The first kappa shape index (κ1) is 25.0. The summed E-state index contributed by atoms with van der Waals surface area (Å²) in [4.78, 5) is 43.5. The predicted molar refractivity (Wildman–Crippen MR) is 124 cm³/mol. The van der Waals surface area contributed by atoms with Crippen LogP contribution in [0.4, 0.5) is 4.79 Å². The predicted octanol–water partition coefficient (Wildman–Crippen LogP) is 2.03. The molecule has 3 rings (SSSR count). The number of carbonyl (C=O) groups is 3. The number of hydrogen-bond donors (Lipinski definition) is 1. The van der Waals surface area contributed by atoms with E-state index in [1.807, 2.05) is 6.07 Å². The second kappa shape index (κ2) is 11.5. The van der Waals surface area contributed by atoms with Gasteiger partial charge in [-0.15, -0.1) is 0 Å². The highest BCUT2D eigenvalue weighted by Crippen LogP contribution is 2.32. The molecule has 2 aliphatic rings. The molecule has 0 saturated carbocycles. The molecule has 0 aromatic heterocycles. The zero-order valence-electron chi connectivity index (χ0n) is 19.3. The zero-order valence-corrected chi connectivity index (χ0v) is 20.1. The van der Waals surface area contributed by atoms with Crippen LogP contribution in [0.25, 0.3) is 0 Å². The van der Waals surface area contributed by atoms with Gasteiger partial charge < -0.3 is 19.7 Å². The Kier molecular flexibility index (Phi) is 8.71. The molecule has 1 unspecified atom stereocenters. The molecule has 1 atom stereocenters. The van der Waals surface area contributed by atoms with Crippen LogP contribution in [0.5, 0.6) is 0 Å². The van der Waals surface area contributed by atoms with E-state index in [1.54, 1.807) is 37.1 Å². The average Bonchev–Trinajstić information content (AvgIpc) is 3.02. The number of methoxy groups -OCH3 is 1. The average molecular weight is 479 g/mol. The molecule has 2 heterocycles. The Morgan fingerprint density at radius 2 is 2.00 bits per heavy atom. The Bertz CT molecular complexity index is 922. The van der Waals surface area contributed by atoms with Crippen molar-refractivity contribution < 1.29 is 23.9 Å². The molecule has 33 heavy (non-hydrogen) atoms. The molecule has 1 aromatic rings. The van der Waals surface area contributed by atoms with Crippen molar-refractivity contribution in [3.63, 3.8) is 0 Å². The topological polar surface area (TPSA) is 91.4 Å². The third-order valence-electron chi connectivity index (χ3n) is 5.84. The van der Waals surface area contributed by atoms with E-state index in [1.165, 1.54) is 12.0 Å². The molecular formula is C23H31ClN4O5. The van der Waals surface area contributed by atoms with Crippen molar-refractivity contribution in [1.82, 2.24) is 20.0 Å². The Morgan fingerprint density at radius 3 is 2.70 bits per heavy atom. The van der Waals surface area contributed by atoms with Crippen molar-refractivity contribution >= 4 is 29.5 Å². The van der Waals surface area contributed by atoms with E-state index in [0.29, 0.717) is 48.0 Å². The summed E-state index contributed by atoms with van der Waals surface area (Å²) in [5.41, 5.74) is 1.67. The first-order chi connectivity index (χ1) is 15.8. The first-order valence-corrected chi connectivity index (χ1v) is 11.4. The molecule has 180 valence electrons. The monoisotopic (exact) mass is 478 g/mol. The fourth-order valence-corrected chi connectivity index (χ4v) is 4.34. The lowest BCUT2D eigenvalue weighted by Gasteiger charge is -2.36. The highest BCUT2D eigenvalue weighted by molar-refractivity contribution is 6.30. The van der Waals surface area contributed by atoms with Crippen LogP contribution >= 0.6 is 11.6 Å². The largest absolute Gasteiger partial charge is 0.463 e. The maximum absolute atomic E-state index is 13.1. The van der Waals surface area contributed by atoms with Crippen molar-refractivity contribution in [2.45, 2.75) is 19.4 Å². The van der Waals surface area contributed by atoms with Crippen molar-refractivity contribution in [2.75, 3.05) is 60.1 Å². The summed E-state index contributed by atoms with van der Waals surface area (Å²) in [6.07, 6.45) is 0.783. The van der Waals surface area contributed by atoms with Crippen LogP contribution in [0, 0.1) is 0 Å². The summed E-state index contributed by atoms with van der Waals surface area (Å²) in [5, 5.41) is 3.41. The van der Waals surface area contributed by atoms with Crippen LogP contribution in [0.15, 0.2) is 35.5 Å². The van der Waals surface area contributed by atoms with E-state index in [-0.39, 0.29) is 25.2 Å². The van der Waals surface area contributed by atoms with E-state index in [9.17, 15) is 14.4 Å². The molecule has 0 bridgehead atoms. The summed E-state index contributed by atoms with van der Waals surface area (Å²) in [7, 11) is 3.15. The standard InChI is InChI=1S/C23H31ClN4O5/c1-4-33-22(30)20-18(14-27-9-6-10-28(12-11-27)19(29)15-32-3)26(2)23(31)25-21(20)16-7-5-8-17(24)13-16/h5,7-8,13,21H,4,6,9-12,14-15H2,1-3H3,(H,25,31). The molecule has 1 aromatic carbocycles. The van der Waals surface area contributed by atoms with Gasteiger partial charge in [0.1, 0.15) is 6.61 Å². The van der Waals surface area contributed by atoms with Gasteiger partial charge in [0, 0.05) is 57.6 Å². The maximum atomic E-state index is 13.1. The van der Waals surface area contributed by atoms with Gasteiger partial charge in [-0.05, 0) is 31.0 Å². The minimum atomic E-state index is -0.673. The van der Waals surface area contributed by atoms with Gasteiger partial charge >= 0.3 is 12.0 Å². The molecule has 0 radical (unpaired) electrons. The summed E-state index contributed by atoms with van der Waals surface area (Å²) in [6, 6.07) is 6.10. The van der Waals surface area contributed by atoms with Gasteiger partial charge in [-0.3, -0.25) is 14.6 Å². The molecule has 0 aliphatic carbocycles. The number of ether oxygens (including phenoxy) is 2. The van der Waals surface area contributed by atoms with Gasteiger partial charge in [-0.25, -0.2) is 9.59 Å². The van der Waals surface area contributed by atoms with Crippen molar-refractivity contribution in [3.8, 4) is 0 Å². The number of nitrogens with one attached hydrogen (secondary N) is 1. The molecule has 1 saturated heterocycles. The molecular weight excluding hydrogens is 448 g/mol. The number of urea groups is 1. The number of halogens is 1. The Labute approximate surface area is 199 Å². The number of nitrogens with zero attached hydrogens (tertiary/aromatic N) is 3. The second-order valence-corrected chi connectivity index (χ2v) is 8.46. The summed E-state index contributed by atoms with van der Waals surface area (Å²) >= 11 is 6.18. The third kappa shape index (κ3) is 6.04. The number of rotatable bonds is 7. The Morgan fingerprint density at radius 1 is 1.21 bits per heavy atom. The summed E-state index contributed by atoms with van der Waals surface area (Å²) < 4.78 is 10.3. The quantitative estimate of drug-likeness (QED) is 0.603. The van der Waals surface area contributed by atoms with Crippen molar-refractivity contribution in [2.24, 2.45) is 0 Å². The van der Waals surface area contributed by atoms with E-state index < -0.39 is 12.0 Å². The lowest BCUT2D eigenvalue weighted by Crippen LogP contribution is -2.49. The van der Waals surface area contributed by atoms with Crippen LogP contribution < -0.4 is 5.32 Å². The normalized spacial score (nSPS) is 19.9. The fourth-order valence-electron chi connectivity index (χ4n) is 4.14. The van der Waals surface area contributed by atoms with Gasteiger partial charge in [0.25, 0.3) is 0 Å². The Hall–Kier alpha value is -2.62. The fraction of sp³-hybridized carbons (Fsp3) is 0.522. The minimum Gasteiger partial charge on any atom is -0.463 e. The van der Waals surface area contributed by atoms with Gasteiger partial charge in [-0.1, -0.05) is 23.7 Å². The van der Waals surface area contributed by atoms with Crippen molar-refractivity contribution in [1.29, 1.82) is 0 Å². The van der Waals surface area contributed by atoms with Crippen LogP contribution in [0.2, 0.25) is 5.02 Å². The van der Waals surface area contributed by atoms with E-state index in [0.717, 1.165) is 13.0 Å². The van der Waals surface area contributed by atoms with Gasteiger partial charge in [-0.2, -0.15) is 0 Å². The highest BCUT2D eigenvalue weighted by Gasteiger charge is 2.37. The lowest BCUT2D eigenvalue weighted by molar-refractivity contribution is -0.139. The van der Waals surface area contributed by atoms with E-state index >= 15 is 0 Å². The molecule has 9 nitrogen and oxygen atoms in total. The van der Waals surface area contributed by atoms with Crippen LogP contribution in [0.1, 0.15) is 24.9 Å². The number of esters is 1. The number of carbonyl (C=O) groups excluding carboxylic acids is 3. The minimum absolute atomic E-state index is 0.0408. The lowest BCUT2D eigenvalue weighted by atomic mass is 9.94. The van der Waals surface area contributed by atoms with Crippen LogP contribution in [-0.2, 0) is 19.1 Å². The molecule has 10 heteroatoms. The van der Waals surface area contributed by atoms with E-state index in [2.05, 4.69) is 10.2 Å². The van der Waals surface area contributed by atoms with Gasteiger partial charge in [0.05, 0.1) is 18.2 Å². The van der Waals surface area contributed by atoms with Crippen LogP contribution in [0.3, 0.4) is 0 Å². The maximum Gasteiger partial charge on any atom is 0.338 e. The van der Waals surface area contributed by atoms with Crippen molar-refractivity contribution in [3.05, 3.63) is 46.1 Å². The van der Waals surface area contributed by atoms with Gasteiger partial charge in [0.2, 0.25) is 5.91 Å². The zero-order chi connectivity index (χ0) is 24.0. The van der Waals surface area contributed by atoms with E-state index in [4.69, 9.17) is 21.1 Å². The second-order valence-electron chi connectivity index (χ2n) is 8.02. The van der Waals surface area contributed by atoms with Crippen LogP contribution in [-0.4, -0.2) is 92.7 Å². The summed E-state index contributed by atoms with van der Waals surface area (Å²) in [6.45, 7) is 4.94. The number of amides is 3. The first-order valence-electron chi connectivity index (χ1n) is 11.0. The molecule has 1 fully saturated rings. The Balaban J connectivity index is 1.92. The molecule has 0 spiro atoms. The smallest absolute Gasteiger partial charge is 0.338 e. The van der Waals surface area contributed by atoms with Gasteiger partial charge in [0.15, 0.2) is 0 Å². The highest BCUT2D eigenvalue weighted by atomic mass is 35.5. The molecule has 1 N–H and O–H groups in total. The third-order valence-corrected chi connectivity index (χ3v) is 6.07. The number of hydrogen-bond acceptors (Lipinski definition) is 6.